The zero-order valence-corrected chi connectivity index (χ0v) is 8.90. The maximum Gasteiger partial charge on any atom is 0.515 e. The van der Waals surface area contributed by atoms with Gasteiger partial charge in [0.1, 0.15) is 0 Å². The fourth-order valence-corrected chi connectivity index (χ4v) is 4.17. The van der Waals surface area contributed by atoms with Crippen molar-refractivity contribution in [1.29, 1.82) is 0 Å². The molecule has 1 atom stereocenters. The summed E-state index contributed by atoms with van der Waals surface area (Å²) in [4.78, 5) is 0. The molecule has 0 aromatic heterocycles. The molecule has 0 aromatic rings. The van der Waals surface area contributed by atoms with E-state index in [-0.39, 0.29) is 12.6 Å². The van der Waals surface area contributed by atoms with E-state index in [4.69, 9.17) is 5.26 Å². The van der Waals surface area contributed by atoms with Crippen molar-refractivity contribution in [3.63, 3.8) is 0 Å². The van der Waals surface area contributed by atoms with Crippen LogP contribution in [0.4, 0.5) is 0 Å². The van der Waals surface area contributed by atoms with Crippen molar-refractivity contribution in [2.45, 2.75) is 19.3 Å². The van der Waals surface area contributed by atoms with E-state index >= 15 is 0 Å². The molecule has 0 aromatic carbocycles. The fraction of sp³-hybridized carbons (Fsp3) is 1.00. The number of phosphoric ester groups is 1. The monoisotopic (exact) mass is 249 g/mol. The average molecular weight is 249 g/mol. The summed E-state index contributed by atoms with van der Waals surface area (Å²) in [5, 5.41) is 8.17. The van der Waals surface area contributed by atoms with E-state index in [2.05, 4.69) is 22.6 Å². The predicted octanol–water partition coefficient (Wildman–Crippen LogP) is 2.01. The molecule has 1 unspecified atom stereocenters. The van der Waals surface area contributed by atoms with Gasteiger partial charge in [0.15, 0.2) is 0 Å². The average Bonchev–Trinajstić information content (AvgIpc) is 2.01. The van der Waals surface area contributed by atoms with E-state index in [1.807, 2.05) is 0 Å². The smallest absolute Gasteiger partial charge is 0.344 e. The van der Waals surface area contributed by atoms with Crippen LogP contribution in [0.3, 0.4) is 0 Å². The van der Waals surface area contributed by atoms with Gasteiger partial charge in [-0.15, -0.1) is 4.67 Å². The Labute approximate surface area is 79.0 Å². The van der Waals surface area contributed by atoms with Crippen LogP contribution in [0, 0.1) is 0 Å². The lowest BCUT2D eigenvalue weighted by atomic mass is 10.4. The van der Waals surface area contributed by atoms with E-state index in [0.29, 0.717) is 0 Å². The first-order chi connectivity index (χ1) is 5.95. The Kier molecular flexibility index (Phi) is 2.93. The summed E-state index contributed by atoms with van der Waals surface area (Å²) in [7, 11) is -8.04. The molecular weight excluding hydrogens is 240 g/mol. The Morgan fingerprint density at radius 1 is 1.36 bits per heavy atom. The van der Waals surface area contributed by atoms with Crippen LogP contribution in [-0.2, 0) is 31.7 Å². The Bertz CT molecular complexity index is 319. The predicted molar refractivity (Wildman–Crippen MR) is 41.3 cm³/mol. The first-order valence-electron chi connectivity index (χ1n) is 3.32. The second kappa shape index (κ2) is 3.34. The Hall–Kier alpha value is 0.180. The molecule has 4 N–H and O–H groups in total. The van der Waals surface area contributed by atoms with Gasteiger partial charge in [-0.05, 0) is 0 Å². The molecule has 3 rings (SSSR count). The van der Waals surface area contributed by atoms with Gasteiger partial charge in [0.05, 0.1) is 0 Å². The standard InChI is InChI=1S/C3H6O8P2.H3N/c1-2-3-7-12(5,8-3)11-13(6,9-3)10-4;/h4H,2H2,1H3;1H3. The maximum atomic E-state index is 11.2. The molecule has 84 valence electrons. The number of hydrogen-bond donors (Lipinski definition) is 2. The van der Waals surface area contributed by atoms with Gasteiger partial charge in [-0.3, -0.25) is 0 Å². The lowest BCUT2D eigenvalue weighted by Crippen LogP contribution is -2.47. The molecule has 3 fully saturated rings. The van der Waals surface area contributed by atoms with Gasteiger partial charge >= 0.3 is 21.6 Å². The molecule has 0 spiro atoms. The Morgan fingerprint density at radius 3 is 2.36 bits per heavy atom. The minimum atomic E-state index is -4.21. The fourth-order valence-electron chi connectivity index (χ4n) is 0.949. The summed E-state index contributed by atoms with van der Waals surface area (Å²) in [6, 6.07) is 0. The topological polar surface area (TPSA) is 136 Å². The van der Waals surface area contributed by atoms with Gasteiger partial charge in [-0.25, -0.2) is 28.0 Å². The van der Waals surface area contributed by atoms with Crippen molar-refractivity contribution in [1.82, 2.24) is 6.15 Å². The molecule has 3 heterocycles. The van der Waals surface area contributed by atoms with Gasteiger partial charge in [0.2, 0.25) is 0 Å². The molecule has 3 aliphatic heterocycles. The summed E-state index contributed by atoms with van der Waals surface area (Å²) < 4.78 is 43.7. The highest BCUT2D eigenvalue weighted by atomic mass is 31.3. The zero-order valence-electron chi connectivity index (χ0n) is 7.11. The Morgan fingerprint density at radius 2 is 1.93 bits per heavy atom. The summed E-state index contributed by atoms with van der Waals surface area (Å²) in [6.45, 7) is 1.58. The number of rotatable bonds is 2. The molecule has 3 saturated heterocycles. The van der Waals surface area contributed by atoms with Crippen LogP contribution in [0.5, 0.6) is 0 Å². The number of fused-ring (bicyclic) bond motifs is 2. The lowest BCUT2D eigenvalue weighted by molar-refractivity contribution is -0.359. The van der Waals surface area contributed by atoms with Gasteiger partial charge < -0.3 is 6.15 Å². The number of hydrogen-bond acceptors (Lipinski definition) is 9. The third kappa shape index (κ3) is 1.67. The van der Waals surface area contributed by atoms with E-state index in [1.54, 1.807) is 6.92 Å². The van der Waals surface area contributed by atoms with Crippen LogP contribution in [-0.4, -0.2) is 11.2 Å². The highest BCUT2D eigenvalue weighted by molar-refractivity contribution is 7.63. The molecule has 0 amide bonds. The third-order valence-electron chi connectivity index (χ3n) is 1.49. The Balaban J connectivity index is 0.000000980. The van der Waals surface area contributed by atoms with Crippen LogP contribution in [0.1, 0.15) is 13.3 Å². The number of phosphoric acid groups is 2. The van der Waals surface area contributed by atoms with E-state index in [0.717, 1.165) is 0 Å². The first kappa shape index (κ1) is 12.3. The molecule has 9 nitrogen and oxygen atoms in total. The van der Waals surface area contributed by atoms with Gasteiger partial charge in [-0.2, -0.15) is 4.31 Å². The molecule has 14 heavy (non-hydrogen) atoms. The molecule has 3 aliphatic rings. The summed E-state index contributed by atoms with van der Waals surface area (Å²) >= 11 is 0. The van der Waals surface area contributed by atoms with Gasteiger partial charge in [-0.1, -0.05) is 6.92 Å². The molecule has 0 aliphatic carbocycles. The molecule has 2 bridgehead atoms. The summed E-state index contributed by atoms with van der Waals surface area (Å²) in [5.41, 5.74) is 0. The van der Waals surface area contributed by atoms with Crippen molar-refractivity contribution in [3.8, 4) is 0 Å². The van der Waals surface area contributed by atoms with Crippen molar-refractivity contribution in [3.05, 3.63) is 0 Å². The quantitative estimate of drug-likeness (QED) is 0.427. The van der Waals surface area contributed by atoms with E-state index in [1.165, 1.54) is 0 Å². The van der Waals surface area contributed by atoms with Crippen LogP contribution in [0.15, 0.2) is 0 Å². The molecule has 0 radical (unpaired) electrons. The van der Waals surface area contributed by atoms with Gasteiger partial charge in [0, 0.05) is 6.42 Å². The second-order valence-electron chi connectivity index (χ2n) is 2.37. The summed E-state index contributed by atoms with van der Waals surface area (Å²) in [6.07, 6.45) is 0.133. The van der Waals surface area contributed by atoms with Crippen LogP contribution in [0.2, 0.25) is 0 Å². The van der Waals surface area contributed by atoms with Crippen molar-refractivity contribution in [2.75, 3.05) is 0 Å². The van der Waals surface area contributed by atoms with E-state index < -0.39 is 21.6 Å². The molecular formula is C3H9NO8P2. The first-order valence-corrected chi connectivity index (χ1v) is 6.24. The SMILES string of the molecule is CCC12OP(=O)(OO)OP(=O)(O1)O2.N. The minimum absolute atomic E-state index is 0. The molecule has 11 heteroatoms. The van der Waals surface area contributed by atoms with Crippen LogP contribution >= 0.6 is 15.6 Å². The molecule has 0 saturated carbocycles. The largest absolute Gasteiger partial charge is 0.515 e. The normalized spacial score (nSPS) is 50.4. The van der Waals surface area contributed by atoms with Gasteiger partial charge in [0.25, 0.3) is 0 Å². The van der Waals surface area contributed by atoms with Crippen molar-refractivity contribution in [2.24, 2.45) is 0 Å². The van der Waals surface area contributed by atoms with E-state index in [9.17, 15) is 9.13 Å². The van der Waals surface area contributed by atoms with Crippen molar-refractivity contribution < 1.29 is 36.9 Å². The summed E-state index contributed by atoms with van der Waals surface area (Å²) in [5.74, 6) is -1.67. The maximum absolute atomic E-state index is 11.2. The second-order valence-corrected chi connectivity index (χ2v) is 5.52. The van der Waals surface area contributed by atoms with Crippen LogP contribution in [0.25, 0.3) is 0 Å². The highest BCUT2D eigenvalue weighted by Crippen LogP contribution is 2.81. The minimum Gasteiger partial charge on any atom is -0.344 e. The van der Waals surface area contributed by atoms with Crippen molar-refractivity contribution >= 4 is 15.6 Å². The highest BCUT2D eigenvalue weighted by Gasteiger charge is 2.69. The third-order valence-corrected chi connectivity index (χ3v) is 4.79. The zero-order chi connectivity index (χ0) is 9.74. The lowest BCUT2D eigenvalue weighted by Gasteiger charge is -2.47. The van der Waals surface area contributed by atoms with Crippen LogP contribution < -0.4 is 6.15 Å².